The molecule has 7 nitrogen and oxygen atoms in total. The molecule has 1 atom stereocenters. The molecule has 4 rings (SSSR count). The maximum absolute atomic E-state index is 12.8. The Labute approximate surface area is 157 Å². The lowest BCUT2D eigenvalue weighted by atomic mass is 9.92. The van der Waals surface area contributed by atoms with Crippen LogP contribution in [0.2, 0.25) is 0 Å². The molecule has 3 aromatic rings. The van der Waals surface area contributed by atoms with Crippen molar-refractivity contribution < 1.29 is 13.2 Å². The van der Waals surface area contributed by atoms with Gasteiger partial charge in [-0.3, -0.25) is 4.79 Å². The van der Waals surface area contributed by atoms with E-state index in [0.29, 0.717) is 17.7 Å². The maximum Gasteiger partial charge on any atom is 0.256 e. The van der Waals surface area contributed by atoms with Gasteiger partial charge in [0.05, 0.1) is 5.56 Å². The molecule has 2 heterocycles. The lowest BCUT2D eigenvalue weighted by Gasteiger charge is -2.23. The lowest BCUT2D eigenvalue weighted by Crippen LogP contribution is -2.38. The standard InChI is InChI=1S/C19H22N4O3S/c1-11-15(19(24)20-2)10-18(21-11)27(25,26)23-12-7-8-14-13-5-3-4-6-16(13)22-17(14)9-12/h3-6,10,12,21-23H,7-9H2,1-2H3,(H,20,24). The quantitative estimate of drug-likeness (QED) is 0.551. The van der Waals surface area contributed by atoms with Gasteiger partial charge in [-0.15, -0.1) is 0 Å². The number of amides is 1. The van der Waals surface area contributed by atoms with Gasteiger partial charge in [0.15, 0.2) is 0 Å². The van der Waals surface area contributed by atoms with Crippen LogP contribution in [0.15, 0.2) is 35.4 Å². The summed E-state index contributed by atoms with van der Waals surface area (Å²) in [5.41, 5.74) is 4.31. The second-order valence-electron chi connectivity index (χ2n) is 6.94. The summed E-state index contributed by atoms with van der Waals surface area (Å²) in [4.78, 5) is 18.1. The molecule has 0 saturated carbocycles. The van der Waals surface area contributed by atoms with Crippen molar-refractivity contribution in [3.05, 3.63) is 52.8 Å². The summed E-state index contributed by atoms with van der Waals surface area (Å²) >= 11 is 0. The Bertz CT molecular complexity index is 1130. The van der Waals surface area contributed by atoms with E-state index in [1.807, 2.05) is 18.2 Å². The first-order valence-corrected chi connectivity index (χ1v) is 10.4. The number of rotatable bonds is 4. The third kappa shape index (κ3) is 3.15. The third-order valence-electron chi connectivity index (χ3n) is 5.17. The summed E-state index contributed by atoms with van der Waals surface area (Å²) in [5.74, 6) is -0.314. The lowest BCUT2D eigenvalue weighted by molar-refractivity contribution is 0.0962. The number of nitrogens with one attached hydrogen (secondary N) is 4. The van der Waals surface area contributed by atoms with E-state index in [-0.39, 0.29) is 17.0 Å². The van der Waals surface area contributed by atoms with Gasteiger partial charge < -0.3 is 15.3 Å². The van der Waals surface area contributed by atoms with Crippen LogP contribution in [0.4, 0.5) is 0 Å². The molecule has 2 aromatic heterocycles. The average Bonchev–Trinajstić information content (AvgIpc) is 3.21. The maximum atomic E-state index is 12.8. The van der Waals surface area contributed by atoms with E-state index in [2.05, 4.69) is 26.1 Å². The molecule has 0 bridgehead atoms. The molecule has 27 heavy (non-hydrogen) atoms. The van der Waals surface area contributed by atoms with Crippen LogP contribution in [0.3, 0.4) is 0 Å². The Morgan fingerprint density at radius 2 is 2.00 bits per heavy atom. The van der Waals surface area contributed by atoms with E-state index < -0.39 is 10.0 Å². The van der Waals surface area contributed by atoms with Crippen LogP contribution in [0, 0.1) is 6.92 Å². The largest absolute Gasteiger partial charge is 0.358 e. The molecule has 142 valence electrons. The number of aromatic nitrogens is 2. The predicted molar refractivity (Wildman–Crippen MR) is 103 cm³/mol. The van der Waals surface area contributed by atoms with Crippen molar-refractivity contribution in [2.75, 3.05) is 7.05 Å². The number of aryl methyl sites for hydroxylation is 2. The van der Waals surface area contributed by atoms with Crippen molar-refractivity contribution in [2.24, 2.45) is 0 Å². The van der Waals surface area contributed by atoms with E-state index in [1.165, 1.54) is 24.1 Å². The Kier molecular flexibility index (Phi) is 4.32. The van der Waals surface area contributed by atoms with Gasteiger partial charge in [-0.25, -0.2) is 13.1 Å². The van der Waals surface area contributed by atoms with Crippen molar-refractivity contribution in [1.29, 1.82) is 0 Å². The molecule has 0 spiro atoms. The number of benzene rings is 1. The van der Waals surface area contributed by atoms with Crippen molar-refractivity contribution >= 4 is 26.8 Å². The second kappa shape index (κ2) is 6.54. The molecular formula is C19H22N4O3S. The molecule has 8 heteroatoms. The van der Waals surface area contributed by atoms with E-state index in [0.717, 1.165) is 24.1 Å². The highest BCUT2D eigenvalue weighted by Crippen LogP contribution is 2.29. The van der Waals surface area contributed by atoms with Crippen LogP contribution in [0.1, 0.15) is 33.7 Å². The zero-order chi connectivity index (χ0) is 19.2. The van der Waals surface area contributed by atoms with Gasteiger partial charge in [0.2, 0.25) is 0 Å². The van der Waals surface area contributed by atoms with Crippen LogP contribution in [-0.4, -0.2) is 37.4 Å². The highest BCUT2D eigenvalue weighted by molar-refractivity contribution is 7.89. The summed E-state index contributed by atoms with van der Waals surface area (Å²) in [6.07, 6.45) is 2.17. The molecule has 1 aromatic carbocycles. The van der Waals surface area contributed by atoms with Crippen LogP contribution in [0.5, 0.6) is 0 Å². The number of H-pyrrole nitrogens is 2. The molecule has 1 aliphatic rings. The molecule has 4 N–H and O–H groups in total. The Morgan fingerprint density at radius 1 is 1.22 bits per heavy atom. The molecule has 1 amide bonds. The SMILES string of the molecule is CNC(=O)c1cc(S(=O)(=O)NC2CCc3c([nH]c4ccccc34)C2)[nH]c1C. The minimum atomic E-state index is -3.74. The summed E-state index contributed by atoms with van der Waals surface area (Å²) < 4.78 is 28.3. The fraction of sp³-hybridized carbons (Fsp3) is 0.316. The number of aromatic amines is 2. The van der Waals surface area contributed by atoms with Crippen molar-refractivity contribution in [3.63, 3.8) is 0 Å². The summed E-state index contributed by atoms with van der Waals surface area (Å²) in [7, 11) is -2.22. The smallest absolute Gasteiger partial charge is 0.256 e. The topological polar surface area (TPSA) is 107 Å². The molecule has 1 unspecified atom stereocenters. The number of sulfonamides is 1. The molecular weight excluding hydrogens is 364 g/mol. The van der Waals surface area contributed by atoms with Gasteiger partial charge in [-0.05, 0) is 37.5 Å². The highest BCUT2D eigenvalue weighted by Gasteiger charge is 2.28. The Hall–Kier alpha value is -2.58. The highest BCUT2D eigenvalue weighted by atomic mass is 32.2. The number of para-hydroxylation sites is 1. The van der Waals surface area contributed by atoms with Crippen molar-refractivity contribution in [3.8, 4) is 0 Å². The predicted octanol–water partition coefficient (Wildman–Crippen LogP) is 2.00. The summed E-state index contributed by atoms with van der Waals surface area (Å²) in [5, 5.41) is 3.74. The van der Waals surface area contributed by atoms with E-state index in [1.54, 1.807) is 6.92 Å². The number of carbonyl (C=O) groups is 1. The van der Waals surface area contributed by atoms with Crippen LogP contribution < -0.4 is 10.0 Å². The van der Waals surface area contributed by atoms with Gasteiger partial charge in [-0.2, -0.15) is 0 Å². The fourth-order valence-corrected chi connectivity index (χ4v) is 5.14. The number of fused-ring (bicyclic) bond motifs is 3. The van der Waals surface area contributed by atoms with Crippen LogP contribution >= 0.6 is 0 Å². The second-order valence-corrected chi connectivity index (χ2v) is 8.62. The summed E-state index contributed by atoms with van der Waals surface area (Å²) in [6, 6.07) is 9.33. The zero-order valence-electron chi connectivity index (χ0n) is 15.2. The molecule has 0 radical (unpaired) electrons. The minimum Gasteiger partial charge on any atom is -0.358 e. The minimum absolute atomic E-state index is 0.0149. The van der Waals surface area contributed by atoms with E-state index in [9.17, 15) is 13.2 Å². The molecule has 0 saturated heterocycles. The fourth-order valence-electron chi connectivity index (χ4n) is 3.81. The molecule has 1 aliphatic carbocycles. The zero-order valence-corrected chi connectivity index (χ0v) is 16.0. The Morgan fingerprint density at radius 3 is 2.78 bits per heavy atom. The van der Waals surface area contributed by atoms with Gasteiger partial charge >= 0.3 is 0 Å². The van der Waals surface area contributed by atoms with Gasteiger partial charge in [0.25, 0.3) is 15.9 Å². The first kappa shape index (κ1) is 17.8. The van der Waals surface area contributed by atoms with E-state index >= 15 is 0 Å². The van der Waals surface area contributed by atoms with Crippen LogP contribution in [-0.2, 0) is 22.9 Å². The monoisotopic (exact) mass is 386 g/mol. The first-order valence-electron chi connectivity index (χ1n) is 8.91. The number of hydrogen-bond donors (Lipinski definition) is 4. The van der Waals surface area contributed by atoms with Gasteiger partial charge in [0, 0.05) is 41.8 Å². The van der Waals surface area contributed by atoms with E-state index in [4.69, 9.17) is 0 Å². The first-order chi connectivity index (χ1) is 12.9. The molecule has 0 aliphatic heterocycles. The van der Waals surface area contributed by atoms with Crippen molar-refractivity contribution in [1.82, 2.24) is 20.0 Å². The average molecular weight is 386 g/mol. The number of hydrogen-bond acceptors (Lipinski definition) is 3. The number of carbonyl (C=O) groups excluding carboxylic acids is 1. The molecule has 0 fully saturated rings. The van der Waals surface area contributed by atoms with Gasteiger partial charge in [-0.1, -0.05) is 18.2 Å². The Balaban J connectivity index is 1.56. The van der Waals surface area contributed by atoms with Crippen molar-refractivity contribution in [2.45, 2.75) is 37.3 Å². The van der Waals surface area contributed by atoms with Crippen LogP contribution in [0.25, 0.3) is 10.9 Å². The third-order valence-corrected chi connectivity index (χ3v) is 6.61. The normalized spacial score (nSPS) is 17.0. The van der Waals surface area contributed by atoms with Gasteiger partial charge in [0.1, 0.15) is 5.03 Å². The summed E-state index contributed by atoms with van der Waals surface area (Å²) in [6.45, 7) is 1.68.